The third-order valence-corrected chi connectivity index (χ3v) is 7.46. The maximum Gasteiger partial charge on any atom is 0.417 e. The van der Waals surface area contributed by atoms with Crippen molar-refractivity contribution >= 4 is 29.5 Å². The van der Waals surface area contributed by atoms with E-state index in [9.17, 15) is 51.3 Å². The number of carboxylic acid groups (broad SMARTS) is 1. The normalized spacial score (nSPS) is 20.1. The first kappa shape index (κ1) is 33.8. The standard InChI is InChI=1S/C27H35F5N4O7/c1-14(2)36(16-6-5-15(7-10-37)35(13-16)25(41)42)23(39)17-11-19-20(12-18(17)27(30,31)32)43-26(3,4)24(40)34(19)9-8-33-22(38)21(28)29/h11-12,14-16,21,37H,5-10,13H2,1-4H3,(H,33,38)(H,41,42)/t15-,16-/m1/s1. The summed E-state index contributed by atoms with van der Waals surface area (Å²) in [6, 6.07) is -0.542. The molecular weight excluding hydrogens is 587 g/mol. The fourth-order valence-electron chi connectivity index (χ4n) is 5.50. The first-order valence-electron chi connectivity index (χ1n) is 13.7. The molecule has 0 saturated carbocycles. The Morgan fingerprint density at radius 1 is 1.19 bits per heavy atom. The van der Waals surface area contributed by atoms with Crippen LogP contribution in [0.25, 0.3) is 0 Å². The molecule has 11 nitrogen and oxygen atoms in total. The third-order valence-electron chi connectivity index (χ3n) is 7.46. The number of aliphatic hydroxyl groups excluding tert-OH is 1. The molecular formula is C27H35F5N4O7. The molecule has 43 heavy (non-hydrogen) atoms. The fraction of sp³-hybridized carbons (Fsp3) is 0.630. The Labute approximate surface area is 244 Å². The van der Waals surface area contributed by atoms with Gasteiger partial charge in [0.1, 0.15) is 5.75 Å². The van der Waals surface area contributed by atoms with Gasteiger partial charge in [-0.1, -0.05) is 0 Å². The Morgan fingerprint density at radius 3 is 2.37 bits per heavy atom. The number of halogens is 5. The number of aliphatic hydroxyl groups is 1. The number of hydrogen-bond donors (Lipinski definition) is 3. The number of amides is 4. The Kier molecular flexibility index (Phi) is 10.1. The van der Waals surface area contributed by atoms with Crippen molar-refractivity contribution in [2.24, 2.45) is 0 Å². The molecule has 3 N–H and O–H groups in total. The van der Waals surface area contributed by atoms with Gasteiger partial charge in [0, 0.05) is 38.3 Å². The number of fused-ring (bicyclic) bond motifs is 1. The largest absolute Gasteiger partial charge is 0.476 e. The van der Waals surface area contributed by atoms with Gasteiger partial charge >= 0.3 is 18.7 Å². The first-order valence-corrected chi connectivity index (χ1v) is 13.7. The van der Waals surface area contributed by atoms with Crippen molar-refractivity contribution in [1.82, 2.24) is 15.1 Å². The number of piperidine rings is 1. The van der Waals surface area contributed by atoms with Gasteiger partial charge in [-0.15, -0.1) is 0 Å². The number of alkyl halides is 5. The zero-order chi connectivity index (χ0) is 32.4. The van der Waals surface area contributed by atoms with Crippen molar-refractivity contribution in [2.75, 3.05) is 31.1 Å². The SMILES string of the molecule is CC(C)N(C(=O)c1cc2c(cc1C(F)(F)F)OC(C)(C)C(=O)N2CCNC(=O)C(F)F)[C@@H]1CC[C@H](CCO)N(C(=O)O)C1. The van der Waals surface area contributed by atoms with Crippen molar-refractivity contribution in [3.8, 4) is 5.75 Å². The van der Waals surface area contributed by atoms with E-state index >= 15 is 0 Å². The van der Waals surface area contributed by atoms with E-state index in [1.807, 2.05) is 5.32 Å². The predicted molar refractivity (Wildman–Crippen MR) is 142 cm³/mol. The Morgan fingerprint density at radius 2 is 1.84 bits per heavy atom. The molecule has 0 spiro atoms. The molecule has 1 aromatic carbocycles. The summed E-state index contributed by atoms with van der Waals surface area (Å²) in [6.07, 6.45) is -8.97. The van der Waals surface area contributed by atoms with Gasteiger partial charge < -0.3 is 35.0 Å². The Balaban J connectivity index is 2.08. The molecule has 2 aliphatic rings. The predicted octanol–water partition coefficient (Wildman–Crippen LogP) is 3.33. The van der Waals surface area contributed by atoms with Crippen LogP contribution < -0.4 is 15.0 Å². The Hall–Kier alpha value is -3.69. The summed E-state index contributed by atoms with van der Waals surface area (Å²) in [5, 5.41) is 21.0. The number of rotatable bonds is 9. The summed E-state index contributed by atoms with van der Waals surface area (Å²) in [6.45, 7) is 4.41. The lowest BCUT2D eigenvalue weighted by atomic mass is 9.93. The van der Waals surface area contributed by atoms with Crippen molar-refractivity contribution in [3.05, 3.63) is 23.3 Å². The molecule has 240 valence electrons. The molecule has 0 bridgehead atoms. The van der Waals surface area contributed by atoms with Gasteiger partial charge in [0.2, 0.25) is 0 Å². The fourth-order valence-corrected chi connectivity index (χ4v) is 5.50. The summed E-state index contributed by atoms with van der Waals surface area (Å²) in [7, 11) is 0. The maximum absolute atomic E-state index is 14.4. The minimum atomic E-state index is -5.04. The summed E-state index contributed by atoms with van der Waals surface area (Å²) in [5.74, 6) is -3.79. The summed E-state index contributed by atoms with van der Waals surface area (Å²) in [4.78, 5) is 53.6. The molecule has 1 fully saturated rings. The molecule has 2 aliphatic heterocycles. The van der Waals surface area contributed by atoms with Crippen LogP contribution in [0.1, 0.15) is 62.9 Å². The lowest BCUT2D eigenvalue weighted by Gasteiger charge is -2.44. The molecule has 0 aromatic heterocycles. The average Bonchev–Trinajstić information content (AvgIpc) is 2.90. The Bertz CT molecular complexity index is 1240. The number of nitrogens with one attached hydrogen (secondary N) is 1. The van der Waals surface area contributed by atoms with E-state index in [-0.39, 0.29) is 43.9 Å². The van der Waals surface area contributed by atoms with Gasteiger partial charge in [-0.05, 0) is 59.1 Å². The van der Waals surface area contributed by atoms with Crippen LogP contribution in [0.15, 0.2) is 12.1 Å². The molecule has 0 radical (unpaired) electrons. The van der Waals surface area contributed by atoms with Crippen LogP contribution >= 0.6 is 0 Å². The molecule has 0 unspecified atom stereocenters. The van der Waals surface area contributed by atoms with E-state index in [0.717, 1.165) is 15.9 Å². The number of carbonyl (C=O) groups is 4. The molecule has 1 aromatic rings. The van der Waals surface area contributed by atoms with Crippen LogP contribution in [0.2, 0.25) is 0 Å². The second-order valence-corrected chi connectivity index (χ2v) is 11.2. The van der Waals surface area contributed by atoms with E-state index in [1.54, 1.807) is 13.8 Å². The van der Waals surface area contributed by atoms with Crippen LogP contribution in [0, 0.1) is 0 Å². The topological polar surface area (TPSA) is 140 Å². The molecule has 2 heterocycles. The number of benzene rings is 1. The van der Waals surface area contributed by atoms with Gasteiger partial charge in [0.25, 0.3) is 17.7 Å². The second kappa shape index (κ2) is 12.9. The number of hydrogen-bond acceptors (Lipinski definition) is 6. The van der Waals surface area contributed by atoms with Crippen molar-refractivity contribution in [1.29, 1.82) is 0 Å². The van der Waals surface area contributed by atoms with Gasteiger partial charge in [-0.3, -0.25) is 14.4 Å². The van der Waals surface area contributed by atoms with E-state index in [4.69, 9.17) is 4.74 Å². The van der Waals surface area contributed by atoms with Crippen LogP contribution in [0.4, 0.5) is 32.4 Å². The van der Waals surface area contributed by atoms with E-state index in [0.29, 0.717) is 6.07 Å². The number of anilines is 1. The van der Waals surface area contributed by atoms with E-state index in [1.165, 1.54) is 18.7 Å². The molecule has 0 aliphatic carbocycles. The van der Waals surface area contributed by atoms with Crippen molar-refractivity contribution < 1.29 is 56.1 Å². The zero-order valence-electron chi connectivity index (χ0n) is 24.1. The molecule has 4 amide bonds. The average molecular weight is 623 g/mol. The molecule has 16 heteroatoms. The van der Waals surface area contributed by atoms with E-state index in [2.05, 4.69) is 0 Å². The maximum atomic E-state index is 14.4. The summed E-state index contributed by atoms with van der Waals surface area (Å²) in [5.41, 5.74) is -4.06. The van der Waals surface area contributed by atoms with Crippen LogP contribution in [-0.2, 0) is 15.8 Å². The highest BCUT2D eigenvalue weighted by molar-refractivity contribution is 6.05. The second-order valence-electron chi connectivity index (χ2n) is 11.2. The van der Waals surface area contributed by atoms with Crippen LogP contribution in [0.5, 0.6) is 5.75 Å². The van der Waals surface area contributed by atoms with E-state index < -0.39 is 84.4 Å². The number of likely N-dealkylation sites (tertiary alicyclic amines) is 1. The van der Waals surface area contributed by atoms with Crippen LogP contribution in [0.3, 0.4) is 0 Å². The van der Waals surface area contributed by atoms with Gasteiger partial charge in [-0.2, -0.15) is 22.0 Å². The summed E-state index contributed by atoms with van der Waals surface area (Å²) < 4.78 is 74.0. The lowest BCUT2D eigenvalue weighted by Crippen LogP contribution is -2.57. The molecule has 3 rings (SSSR count). The smallest absolute Gasteiger partial charge is 0.417 e. The van der Waals surface area contributed by atoms with Crippen LogP contribution in [-0.4, -0.2) is 100 Å². The number of nitrogens with zero attached hydrogens (tertiary/aromatic N) is 3. The highest BCUT2D eigenvalue weighted by Gasteiger charge is 2.46. The number of carbonyl (C=O) groups excluding carboxylic acids is 3. The molecule has 1 saturated heterocycles. The van der Waals surface area contributed by atoms with Gasteiger partial charge in [-0.25, -0.2) is 4.79 Å². The van der Waals surface area contributed by atoms with Crippen molar-refractivity contribution in [3.63, 3.8) is 0 Å². The van der Waals surface area contributed by atoms with Gasteiger partial charge in [0.15, 0.2) is 5.60 Å². The third kappa shape index (κ3) is 7.28. The minimum Gasteiger partial charge on any atom is -0.476 e. The molecule has 2 atom stereocenters. The zero-order valence-corrected chi connectivity index (χ0v) is 24.1. The quantitative estimate of drug-likeness (QED) is 0.359. The summed E-state index contributed by atoms with van der Waals surface area (Å²) >= 11 is 0. The lowest BCUT2D eigenvalue weighted by molar-refractivity contribution is -0.138. The minimum absolute atomic E-state index is 0.162. The van der Waals surface area contributed by atoms with Gasteiger partial charge in [0.05, 0.1) is 22.9 Å². The van der Waals surface area contributed by atoms with Crippen molar-refractivity contribution in [2.45, 2.75) is 83.3 Å². The first-order chi connectivity index (χ1) is 19.9. The highest BCUT2D eigenvalue weighted by Crippen LogP contribution is 2.44. The monoisotopic (exact) mass is 622 g/mol. The number of ether oxygens (including phenoxy) is 1. The highest BCUT2D eigenvalue weighted by atomic mass is 19.4.